The third-order valence-corrected chi connectivity index (χ3v) is 2.25. The van der Waals surface area contributed by atoms with E-state index in [-0.39, 0.29) is 0 Å². The van der Waals surface area contributed by atoms with E-state index in [4.69, 9.17) is 17.3 Å². The quantitative estimate of drug-likeness (QED) is 0.697. The van der Waals surface area contributed by atoms with E-state index < -0.39 is 0 Å². The molecule has 0 unspecified atom stereocenters. The lowest BCUT2D eigenvalue weighted by molar-refractivity contribution is 1.39. The maximum absolute atomic E-state index is 5.99. The van der Waals surface area contributed by atoms with E-state index in [2.05, 4.69) is 4.98 Å². The molecule has 2 N–H and O–H groups in total. The van der Waals surface area contributed by atoms with Crippen LogP contribution in [0.2, 0.25) is 5.02 Å². The molecule has 66 valence electrons. The third-order valence-electron chi connectivity index (χ3n) is 1.93. The average molecular weight is 193 g/mol. The summed E-state index contributed by atoms with van der Waals surface area (Å²) in [5.41, 5.74) is 7.59. The minimum absolute atomic E-state index is 0.461. The molecule has 0 aliphatic heterocycles. The van der Waals surface area contributed by atoms with Crippen LogP contribution in [0.15, 0.2) is 24.3 Å². The lowest BCUT2D eigenvalue weighted by atomic mass is 10.1. The molecule has 2 rings (SSSR count). The van der Waals surface area contributed by atoms with Crippen LogP contribution in [-0.2, 0) is 0 Å². The van der Waals surface area contributed by atoms with Crippen molar-refractivity contribution in [2.75, 3.05) is 5.73 Å². The second-order valence-electron chi connectivity index (χ2n) is 3.05. The minimum Gasteiger partial charge on any atom is -0.384 e. The first-order valence-electron chi connectivity index (χ1n) is 3.99. The van der Waals surface area contributed by atoms with Gasteiger partial charge in [-0.2, -0.15) is 0 Å². The Kier molecular flexibility index (Phi) is 1.85. The molecule has 3 heteroatoms. The van der Waals surface area contributed by atoms with Crippen molar-refractivity contribution in [3.8, 4) is 0 Å². The van der Waals surface area contributed by atoms with Crippen molar-refractivity contribution in [3.63, 3.8) is 0 Å². The Morgan fingerprint density at radius 3 is 2.85 bits per heavy atom. The molecule has 0 spiro atoms. The van der Waals surface area contributed by atoms with Crippen molar-refractivity contribution in [1.82, 2.24) is 4.98 Å². The van der Waals surface area contributed by atoms with Gasteiger partial charge in [-0.1, -0.05) is 23.7 Å². The van der Waals surface area contributed by atoms with E-state index in [1.165, 1.54) is 0 Å². The smallest absolute Gasteiger partial charge is 0.125 e. The first-order valence-corrected chi connectivity index (χ1v) is 4.37. The second-order valence-corrected chi connectivity index (χ2v) is 3.46. The number of aryl methyl sites for hydroxylation is 1. The van der Waals surface area contributed by atoms with Gasteiger partial charge in [0.25, 0.3) is 0 Å². The topological polar surface area (TPSA) is 38.9 Å². The van der Waals surface area contributed by atoms with Crippen molar-refractivity contribution in [1.29, 1.82) is 0 Å². The summed E-state index contributed by atoms with van der Waals surface area (Å²) in [7, 11) is 0. The second kappa shape index (κ2) is 2.89. The maximum Gasteiger partial charge on any atom is 0.125 e. The van der Waals surface area contributed by atoms with Gasteiger partial charge in [0.05, 0.1) is 10.5 Å². The molecule has 2 aromatic rings. The highest BCUT2D eigenvalue weighted by Gasteiger charge is 2.01. The highest BCUT2D eigenvalue weighted by Crippen LogP contribution is 2.24. The van der Waals surface area contributed by atoms with Crippen molar-refractivity contribution in [2.24, 2.45) is 0 Å². The molecule has 1 aromatic heterocycles. The molecule has 0 bridgehead atoms. The summed E-state index contributed by atoms with van der Waals surface area (Å²) in [6.45, 7) is 2.01. The van der Waals surface area contributed by atoms with Gasteiger partial charge in [0.2, 0.25) is 0 Å². The molecule has 0 amide bonds. The summed E-state index contributed by atoms with van der Waals surface area (Å²) >= 11 is 5.99. The Hall–Kier alpha value is -1.28. The van der Waals surface area contributed by atoms with Crippen LogP contribution in [0.5, 0.6) is 0 Å². The Labute approximate surface area is 81.3 Å². The monoisotopic (exact) mass is 192 g/mol. The molecule has 0 radical (unpaired) electrons. The Morgan fingerprint density at radius 1 is 1.31 bits per heavy atom. The number of benzene rings is 1. The van der Waals surface area contributed by atoms with Gasteiger partial charge >= 0.3 is 0 Å². The molecule has 13 heavy (non-hydrogen) atoms. The molecule has 0 aliphatic carbocycles. The van der Waals surface area contributed by atoms with E-state index in [1.54, 1.807) is 6.07 Å². The highest BCUT2D eigenvalue weighted by molar-refractivity contribution is 6.35. The number of anilines is 1. The lowest BCUT2D eigenvalue weighted by Crippen LogP contribution is -1.90. The van der Waals surface area contributed by atoms with Crippen LogP contribution in [0.4, 0.5) is 5.82 Å². The van der Waals surface area contributed by atoms with Crippen molar-refractivity contribution >= 4 is 28.3 Å². The number of hydrogen-bond donors (Lipinski definition) is 1. The van der Waals surface area contributed by atoms with E-state index in [0.29, 0.717) is 10.8 Å². The van der Waals surface area contributed by atoms with Gasteiger partial charge < -0.3 is 5.73 Å². The van der Waals surface area contributed by atoms with Gasteiger partial charge in [-0.25, -0.2) is 4.98 Å². The van der Waals surface area contributed by atoms with Crippen molar-refractivity contribution in [3.05, 3.63) is 34.9 Å². The largest absolute Gasteiger partial charge is 0.384 e. The fourth-order valence-corrected chi connectivity index (χ4v) is 1.59. The fraction of sp³-hybridized carbons (Fsp3) is 0.100. The first kappa shape index (κ1) is 8.32. The molecule has 0 saturated carbocycles. The van der Waals surface area contributed by atoms with E-state index in [9.17, 15) is 0 Å². The summed E-state index contributed by atoms with van der Waals surface area (Å²) in [6, 6.07) is 7.60. The first-order chi connectivity index (χ1) is 6.16. The van der Waals surface area contributed by atoms with Crippen LogP contribution in [0.25, 0.3) is 10.9 Å². The van der Waals surface area contributed by atoms with E-state index >= 15 is 0 Å². The number of rotatable bonds is 0. The molecular formula is C10H9ClN2. The molecule has 1 heterocycles. The summed E-state index contributed by atoms with van der Waals surface area (Å²) < 4.78 is 0. The van der Waals surface area contributed by atoms with E-state index in [1.807, 2.05) is 25.1 Å². The lowest BCUT2D eigenvalue weighted by Gasteiger charge is -2.02. The highest BCUT2D eigenvalue weighted by atomic mass is 35.5. The van der Waals surface area contributed by atoms with Crippen molar-refractivity contribution in [2.45, 2.75) is 6.92 Å². The number of aromatic nitrogens is 1. The molecule has 0 atom stereocenters. The predicted molar refractivity (Wildman–Crippen MR) is 55.9 cm³/mol. The van der Waals surface area contributed by atoms with Crippen LogP contribution in [0.3, 0.4) is 0 Å². The molecule has 0 fully saturated rings. The Balaban J connectivity index is 2.86. The number of hydrogen-bond acceptors (Lipinski definition) is 2. The maximum atomic E-state index is 5.99. The summed E-state index contributed by atoms with van der Waals surface area (Å²) in [4.78, 5) is 4.19. The Bertz CT molecular complexity index is 460. The zero-order chi connectivity index (χ0) is 9.42. The van der Waals surface area contributed by atoms with Gasteiger partial charge in [0, 0.05) is 5.39 Å². The van der Waals surface area contributed by atoms with Crippen LogP contribution in [0, 0.1) is 6.92 Å². The predicted octanol–water partition coefficient (Wildman–Crippen LogP) is 2.78. The third kappa shape index (κ3) is 1.45. The molecule has 1 aromatic carbocycles. The molecule has 2 nitrogen and oxygen atoms in total. The number of fused-ring (bicyclic) bond motifs is 1. The number of nitrogens with zero attached hydrogens (tertiary/aromatic N) is 1. The average Bonchev–Trinajstić information content (AvgIpc) is 2.02. The number of nitrogens with two attached hydrogens (primary N) is 1. The molecule has 0 saturated heterocycles. The fourth-order valence-electron chi connectivity index (χ4n) is 1.32. The van der Waals surface area contributed by atoms with Gasteiger partial charge in [-0.15, -0.1) is 0 Å². The van der Waals surface area contributed by atoms with Gasteiger partial charge in [-0.3, -0.25) is 0 Å². The summed E-state index contributed by atoms with van der Waals surface area (Å²) in [6.07, 6.45) is 0. The summed E-state index contributed by atoms with van der Waals surface area (Å²) in [5, 5.41) is 1.60. The van der Waals surface area contributed by atoms with Gasteiger partial charge in [-0.05, 0) is 24.6 Å². The van der Waals surface area contributed by atoms with Crippen LogP contribution in [-0.4, -0.2) is 4.98 Å². The van der Waals surface area contributed by atoms with Crippen molar-refractivity contribution < 1.29 is 0 Å². The molecule has 0 aliphatic rings. The van der Waals surface area contributed by atoms with Crippen LogP contribution >= 0.6 is 11.6 Å². The normalized spacial score (nSPS) is 10.6. The number of nitrogen functional groups attached to an aromatic ring is 1. The number of halogens is 1. The summed E-state index contributed by atoms with van der Waals surface area (Å²) in [5.74, 6) is 0.461. The van der Waals surface area contributed by atoms with Crippen LogP contribution < -0.4 is 5.73 Å². The van der Waals surface area contributed by atoms with E-state index in [0.717, 1.165) is 16.5 Å². The zero-order valence-electron chi connectivity index (χ0n) is 7.21. The minimum atomic E-state index is 0.461. The standard InChI is InChI=1S/C10H9ClN2/c1-6-2-3-7-8(11)5-10(12)13-9(7)4-6/h2-5H,1H3,(H2,12,13). The number of pyridine rings is 1. The Morgan fingerprint density at radius 2 is 2.08 bits per heavy atom. The van der Waals surface area contributed by atoms with Crippen LogP contribution in [0.1, 0.15) is 5.56 Å². The zero-order valence-corrected chi connectivity index (χ0v) is 7.97. The molecular weight excluding hydrogens is 184 g/mol. The van der Waals surface area contributed by atoms with Gasteiger partial charge in [0.1, 0.15) is 5.82 Å². The van der Waals surface area contributed by atoms with Gasteiger partial charge in [0.15, 0.2) is 0 Å². The SMILES string of the molecule is Cc1ccc2c(Cl)cc(N)nc2c1.